The minimum absolute atomic E-state index is 0.118. The molecule has 0 aromatic heterocycles. The molecule has 0 atom stereocenters. The van der Waals surface area contributed by atoms with Crippen LogP contribution in [0.25, 0.3) is 10.8 Å². The summed E-state index contributed by atoms with van der Waals surface area (Å²) in [5.74, 6) is -1.87. The fraction of sp³-hybridized carbons (Fsp3) is 0.167. The van der Waals surface area contributed by atoms with Crippen LogP contribution in [0.5, 0.6) is 11.5 Å². The zero-order valence-corrected chi connectivity index (χ0v) is 17.4. The SMILES string of the molecule is O=S(=O)(Oc1ccc(Br)c2c(OS(=O)(=O)C(F)(F)F)ccc(Br)c12)C(F)(F)F. The first-order valence-electron chi connectivity index (χ1n) is 6.40. The monoisotopic (exact) mass is 580 g/mol. The van der Waals surface area contributed by atoms with Crippen molar-refractivity contribution >= 4 is 62.9 Å². The molecule has 0 saturated heterocycles. The van der Waals surface area contributed by atoms with Crippen LogP contribution in [-0.4, -0.2) is 27.9 Å². The fourth-order valence-corrected chi connectivity index (χ4v) is 3.81. The highest BCUT2D eigenvalue weighted by atomic mass is 79.9. The van der Waals surface area contributed by atoms with E-state index in [9.17, 15) is 43.2 Å². The molecule has 0 spiro atoms. The molecule has 0 amide bonds. The average Bonchev–Trinajstić information content (AvgIpc) is 2.49. The van der Waals surface area contributed by atoms with Crippen molar-refractivity contribution < 1.29 is 51.5 Å². The number of benzene rings is 2. The number of alkyl halides is 6. The summed E-state index contributed by atoms with van der Waals surface area (Å²) >= 11 is 5.78. The summed E-state index contributed by atoms with van der Waals surface area (Å²) in [6.45, 7) is 0. The Morgan fingerprint density at radius 2 is 0.929 bits per heavy atom. The van der Waals surface area contributed by atoms with Gasteiger partial charge in [-0.25, -0.2) is 0 Å². The fourth-order valence-electron chi connectivity index (χ4n) is 1.82. The lowest BCUT2D eigenvalue weighted by molar-refractivity contribution is -0.0504. The van der Waals surface area contributed by atoms with Gasteiger partial charge in [-0.2, -0.15) is 43.2 Å². The number of rotatable bonds is 4. The van der Waals surface area contributed by atoms with Crippen molar-refractivity contribution in [2.45, 2.75) is 11.0 Å². The van der Waals surface area contributed by atoms with Gasteiger partial charge in [0.25, 0.3) is 0 Å². The molecule has 0 heterocycles. The number of hydrogen-bond acceptors (Lipinski definition) is 6. The van der Waals surface area contributed by atoms with Gasteiger partial charge in [0.2, 0.25) is 0 Å². The normalized spacial score (nSPS) is 13.6. The van der Waals surface area contributed by atoms with Crippen LogP contribution in [-0.2, 0) is 20.2 Å². The highest BCUT2D eigenvalue weighted by Gasteiger charge is 2.50. The molecule has 0 aliphatic heterocycles. The largest absolute Gasteiger partial charge is 0.534 e. The van der Waals surface area contributed by atoms with Crippen LogP contribution >= 0.6 is 31.9 Å². The van der Waals surface area contributed by atoms with Crippen molar-refractivity contribution in [3.63, 3.8) is 0 Å². The molecule has 156 valence electrons. The van der Waals surface area contributed by atoms with Crippen LogP contribution in [0, 0.1) is 0 Å². The van der Waals surface area contributed by atoms with E-state index in [1.165, 1.54) is 0 Å². The van der Waals surface area contributed by atoms with Crippen LogP contribution in [0.3, 0.4) is 0 Å². The molecule has 16 heteroatoms. The molecule has 2 rings (SSSR count). The Kier molecular flexibility index (Phi) is 5.93. The number of hydrogen-bond donors (Lipinski definition) is 0. The van der Waals surface area contributed by atoms with Crippen molar-refractivity contribution in [3.8, 4) is 11.5 Å². The van der Waals surface area contributed by atoms with Gasteiger partial charge in [0.05, 0.1) is 0 Å². The maximum Gasteiger partial charge on any atom is 0.534 e. The van der Waals surface area contributed by atoms with Gasteiger partial charge in [0, 0.05) is 19.7 Å². The Hall–Kier alpha value is -1.26. The van der Waals surface area contributed by atoms with Gasteiger partial charge in [-0.1, -0.05) is 31.9 Å². The zero-order valence-electron chi connectivity index (χ0n) is 12.6. The average molecular weight is 582 g/mol. The van der Waals surface area contributed by atoms with Crippen molar-refractivity contribution in [1.82, 2.24) is 0 Å². The van der Waals surface area contributed by atoms with Crippen LogP contribution in [0.2, 0.25) is 0 Å². The molecule has 0 radical (unpaired) electrons. The molecule has 0 bridgehead atoms. The van der Waals surface area contributed by atoms with E-state index in [1.807, 2.05) is 0 Å². The van der Waals surface area contributed by atoms with Crippen LogP contribution in [0.15, 0.2) is 33.2 Å². The summed E-state index contributed by atoms with van der Waals surface area (Å²) in [6, 6.07) is 3.43. The Balaban J connectivity index is 2.76. The molecule has 6 nitrogen and oxygen atoms in total. The second-order valence-corrected chi connectivity index (χ2v) is 9.59. The third-order valence-corrected chi connectivity index (χ3v) is 6.20. The molecule has 0 aliphatic carbocycles. The third-order valence-electron chi connectivity index (χ3n) is 2.95. The second kappa shape index (κ2) is 7.21. The van der Waals surface area contributed by atoms with E-state index in [4.69, 9.17) is 0 Å². The summed E-state index contributed by atoms with van der Waals surface area (Å²) in [4.78, 5) is 0. The zero-order chi connectivity index (χ0) is 21.7. The van der Waals surface area contributed by atoms with Gasteiger partial charge >= 0.3 is 31.3 Å². The maximum atomic E-state index is 12.6. The number of fused-ring (bicyclic) bond motifs is 1. The van der Waals surface area contributed by atoms with Gasteiger partial charge in [-0.05, 0) is 24.3 Å². The first kappa shape index (κ1) is 23.0. The third kappa shape index (κ3) is 4.33. The molecule has 0 aliphatic rings. The van der Waals surface area contributed by atoms with Crippen LogP contribution < -0.4 is 8.37 Å². The van der Waals surface area contributed by atoms with Crippen molar-refractivity contribution in [2.24, 2.45) is 0 Å². The molecule has 0 unspecified atom stereocenters. The Morgan fingerprint density at radius 1 is 0.643 bits per heavy atom. The van der Waals surface area contributed by atoms with Gasteiger partial charge < -0.3 is 8.37 Å². The van der Waals surface area contributed by atoms with E-state index in [0.717, 1.165) is 24.3 Å². The first-order chi connectivity index (χ1) is 12.5. The van der Waals surface area contributed by atoms with E-state index in [2.05, 4.69) is 40.2 Å². The lowest BCUT2D eigenvalue weighted by Crippen LogP contribution is -2.28. The Bertz CT molecular complexity index is 1050. The summed E-state index contributed by atoms with van der Waals surface area (Å²) in [6.07, 6.45) is 0. The second-order valence-electron chi connectivity index (χ2n) is 4.81. The predicted octanol–water partition coefficient (Wildman–Crippen LogP) is 4.82. The molecular formula is C12H4Br2F6O6S2. The smallest absolute Gasteiger partial charge is 0.375 e. The van der Waals surface area contributed by atoms with E-state index < -0.39 is 53.5 Å². The van der Waals surface area contributed by atoms with Gasteiger partial charge in [0.1, 0.15) is 0 Å². The Labute approximate surface area is 169 Å². The standard InChI is InChI=1S/C12H4Br2F6O6S2/c13-5-1-3-7(25-27(21,22)11(15,16)17)10-6(14)2-4-8(9(5)10)26-28(23,24)12(18,19)20/h1-4H. The van der Waals surface area contributed by atoms with Gasteiger partial charge in [-0.3, -0.25) is 0 Å². The Morgan fingerprint density at radius 3 is 1.18 bits per heavy atom. The van der Waals surface area contributed by atoms with E-state index in [-0.39, 0.29) is 8.95 Å². The van der Waals surface area contributed by atoms with E-state index in [1.54, 1.807) is 0 Å². The van der Waals surface area contributed by atoms with Gasteiger partial charge in [0.15, 0.2) is 11.5 Å². The van der Waals surface area contributed by atoms with Crippen molar-refractivity contribution in [3.05, 3.63) is 33.2 Å². The van der Waals surface area contributed by atoms with Crippen LogP contribution in [0.1, 0.15) is 0 Å². The molecule has 0 N–H and O–H groups in total. The lowest BCUT2D eigenvalue weighted by Gasteiger charge is -2.16. The molecule has 0 fully saturated rings. The highest BCUT2D eigenvalue weighted by Crippen LogP contribution is 2.44. The van der Waals surface area contributed by atoms with Crippen LogP contribution in [0.4, 0.5) is 26.3 Å². The molecule has 28 heavy (non-hydrogen) atoms. The molecule has 2 aromatic rings. The van der Waals surface area contributed by atoms with E-state index in [0.29, 0.717) is 0 Å². The summed E-state index contributed by atoms with van der Waals surface area (Å²) < 4.78 is 128. The first-order valence-corrected chi connectivity index (χ1v) is 10.8. The van der Waals surface area contributed by atoms with Crippen molar-refractivity contribution in [2.75, 3.05) is 0 Å². The number of halogens is 8. The quantitative estimate of drug-likeness (QED) is 0.292. The predicted molar refractivity (Wildman–Crippen MR) is 90.6 cm³/mol. The summed E-state index contributed by atoms with van der Waals surface area (Å²) in [5.41, 5.74) is -11.6. The molecule has 2 aromatic carbocycles. The minimum Gasteiger partial charge on any atom is -0.375 e. The van der Waals surface area contributed by atoms with Crippen molar-refractivity contribution in [1.29, 1.82) is 0 Å². The lowest BCUT2D eigenvalue weighted by atomic mass is 10.1. The highest BCUT2D eigenvalue weighted by molar-refractivity contribution is 9.11. The maximum absolute atomic E-state index is 12.6. The molecule has 0 saturated carbocycles. The minimum atomic E-state index is -6.12. The summed E-state index contributed by atoms with van der Waals surface area (Å²) in [7, 11) is -12.2. The molecular weight excluding hydrogens is 578 g/mol. The van der Waals surface area contributed by atoms with E-state index >= 15 is 0 Å². The van der Waals surface area contributed by atoms with Gasteiger partial charge in [-0.15, -0.1) is 0 Å². The topological polar surface area (TPSA) is 86.7 Å². The summed E-state index contributed by atoms with van der Waals surface area (Å²) in [5, 5.41) is -0.978.